The monoisotopic (exact) mass is 478 g/mol. The number of imidazole rings is 1. The van der Waals surface area contributed by atoms with Crippen molar-refractivity contribution in [1.29, 1.82) is 0 Å². The van der Waals surface area contributed by atoms with Crippen LogP contribution in [0, 0.1) is 18.8 Å². The predicted octanol–water partition coefficient (Wildman–Crippen LogP) is 5.01. The van der Waals surface area contributed by atoms with Gasteiger partial charge in [-0.2, -0.15) is 10.2 Å². The number of carbonyl (C=O) groups excluding carboxylic acids is 1. The SMILES string of the molecule is Cc1cc(-c2nn3cc(C4CC5CN(C(=O)OC(C)(C)C)CC5C4)nc3s2)cc2cn(C)nc12. The maximum Gasteiger partial charge on any atom is 0.410 e. The number of ether oxygens (including phenoxy) is 1. The van der Waals surface area contributed by atoms with E-state index in [-0.39, 0.29) is 6.09 Å². The summed E-state index contributed by atoms with van der Waals surface area (Å²) in [5, 5.41) is 11.5. The summed E-state index contributed by atoms with van der Waals surface area (Å²) in [7, 11) is 1.95. The van der Waals surface area contributed by atoms with Crippen molar-refractivity contribution in [1.82, 2.24) is 29.3 Å². The molecule has 1 aromatic carbocycles. The Morgan fingerprint density at radius 1 is 1.12 bits per heavy atom. The van der Waals surface area contributed by atoms with Crippen molar-refractivity contribution in [2.75, 3.05) is 13.1 Å². The van der Waals surface area contributed by atoms with E-state index in [9.17, 15) is 4.79 Å². The van der Waals surface area contributed by atoms with Gasteiger partial charge < -0.3 is 9.64 Å². The molecule has 178 valence electrons. The summed E-state index contributed by atoms with van der Waals surface area (Å²) in [6.45, 7) is 9.42. The van der Waals surface area contributed by atoms with Gasteiger partial charge in [-0.25, -0.2) is 14.3 Å². The van der Waals surface area contributed by atoms with Crippen LogP contribution in [0.3, 0.4) is 0 Å². The molecule has 4 aromatic rings. The molecular formula is C25H30N6O2S. The molecule has 1 amide bonds. The number of fused-ring (bicyclic) bond motifs is 3. The largest absolute Gasteiger partial charge is 0.444 e. The van der Waals surface area contributed by atoms with E-state index in [2.05, 4.69) is 30.4 Å². The number of likely N-dealkylation sites (tertiary alicyclic amines) is 1. The molecule has 6 rings (SSSR count). The van der Waals surface area contributed by atoms with Gasteiger partial charge in [-0.3, -0.25) is 4.68 Å². The average molecular weight is 479 g/mol. The minimum atomic E-state index is -0.451. The first-order valence-electron chi connectivity index (χ1n) is 11.9. The number of hydrogen-bond donors (Lipinski definition) is 0. The van der Waals surface area contributed by atoms with Crippen LogP contribution < -0.4 is 0 Å². The van der Waals surface area contributed by atoms with Gasteiger partial charge in [0.05, 0.1) is 17.4 Å². The van der Waals surface area contributed by atoms with Crippen molar-refractivity contribution >= 4 is 33.3 Å². The molecule has 0 bridgehead atoms. The smallest absolute Gasteiger partial charge is 0.410 e. The standard InChI is InChI=1S/C25H30N6O2S/c1-14-6-16(9-19-10-29(5)27-21(14)19)22-28-31-13-20(26-23(31)34-22)15-7-17-11-30(12-18(17)8-15)24(32)33-25(2,3)4/h6,9-10,13,15,17-18H,7-8,11-12H2,1-5H3. The van der Waals surface area contributed by atoms with Gasteiger partial charge >= 0.3 is 6.09 Å². The quantitative estimate of drug-likeness (QED) is 0.405. The van der Waals surface area contributed by atoms with Gasteiger partial charge in [0, 0.05) is 43.2 Å². The fourth-order valence-electron chi connectivity index (χ4n) is 5.60. The summed E-state index contributed by atoms with van der Waals surface area (Å²) in [5.41, 5.74) is 3.97. The maximum absolute atomic E-state index is 12.4. The lowest BCUT2D eigenvalue weighted by Crippen LogP contribution is -2.36. The third kappa shape index (κ3) is 3.76. The third-order valence-electron chi connectivity index (χ3n) is 7.04. The lowest BCUT2D eigenvalue weighted by atomic mass is 10.0. The Kier molecular flexibility index (Phi) is 4.78. The van der Waals surface area contributed by atoms with Crippen LogP contribution in [0.2, 0.25) is 0 Å². The van der Waals surface area contributed by atoms with E-state index in [4.69, 9.17) is 14.8 Å². The number of hydrogen-bond acceptors (Lipinski definition) is 6. The minimum absolute atomic E-state index is 0.183. The Balaban J connectivity index is 1.17. The van der Waals surface area contributed by atoms with Gasteiger partial charge in [-0.1, -0.05) is 11.3 Å². The zero-order valence-electron chi connectivity index (χ0n) is 20.3. The van der Waals surface area contributed by atoms with Crippen molar-refractivity contribution in [2.24, 2.45) is 18.9 Å². The molecule has 2 aliphatic rings. The second-order valence-corrected chi connectivity index (χ2v) is 11.9. The van der Waals surface area contributed by atoms with Crippen molar-refractivity contribution in [3.05, 3.63) is 35.8 Å². The number of carbonyl (C=O) groups is 1. The number of aryl methyl sites for hydroxylation is 2. The second-order valence-electron chi connectivity index (χ2n) is 10.9. The molecule has 0 N–H and O–H groups in total. The molecule has 2 unspecified atom stereocenters. The Labute approximate surface area is 202 Å². The first-order chi connectivity index (χ1) is 16.1. The van der Waals surface area contributed by atoms with Crippen LogP contribution in [0.25, 0.3) is 26.4 Å². The van der Waals surface area contributed by atoms with Gasteiger partial charge in [0.25, 0.3) is 0 Å². The maximum atomic E-state index is 12.4. The van der Waals surface area contributed by atoms with E-state index in [0.29, 0.717) is 17.8 Å². The molecule has 2 fully saturated rings. The fourth-order valence-corrected chi connectivity index (χ4v) is 6.48. The van der Waals surface area contributed by atoms with Crippen LogP contribution in [0.1, 0.15) is 50.8 Å². The Hall–Kier alpha value is -2.94. The molecule has 34 heavy (non-hydrogen) atoms. The molecule has 1 saturated heterocycles. The summed E-state index contributed by atoms with van der Waals surface area (Å²) in [6, 6.07) is 4.31. The van der Waals surface area contributed by atoms with E-state index < -0.39 is 5.60 Å². The molecular weight excluding hydrogens is 448 g/mol. The first-order valence-corrected chi connectivity index (χ1v) is 12.7. The normalized spacial score (nSPS) is 22.7. The lowest BCUT2D eigenvalue weighted by molar-refractivity contribution is 0.0279. The zero-order valence-corrected chi connectivity index (χ0v) is 21.1. The van der Waals surface area contributed by atoms with Gasteiger partial charge in [-0.15, -0.1) is 0 Å². The van der Waals surface area contributed by atoms with E-state index >= 15 is 0 Å². The summed E-state index contributed by atoms with van der Waals surface area (Å²) >= 11 is 1.63. The average Bonchev–Trinajstić information content (AvgIpc) is 3.49. The van der Waals surface area contributed by atoms with Gasteiger partial charge in [0.1, 0.15) is 10.6 Å². The topological polar surface area (TPSA) is 77.5 Å². The molecule has 2 atom stereocenters. The number of rotatable bonds is 2. The Bertz CT molecular complexity index is 1360. The highest BCUT2D eigenvalue weighted by atomic mass is 32.1. The van der Waals surface area contributed by atoms with E-state index in [1.807, 2.05) is 48.1 Å². The highest BCUT2D eigenvalue weighted by molar-refractivity contribution is 7.19. The van der Waals surface area contributed by atoms with Crippen molar-refractivity contribution in [3.63, 3.8) is 0 Å². The van der Waals surface area contributed by atoms with Crippen LogP contribution in [0.4, 0.5) is 4.79 Å². The van der Waals surface area contributed by atoms with Gasteiger partial charge in [0.15, 0.2) is 0 Å². The van der Waals surface area contributed by atoms with Crippen molar-refractivity contribution in [2.45, 2.75) is 52.1 Å². The van der Waals surface area contributed by atoms with Crippen molar-refractivity contribution < 1.29 is 9.53 Å². The zero-order chi connectivity index (χ0) is 23.8. The molecule has 8 nitrogen and oxygen atoms in total. The number of benzene rings is 1. The summed E-state index contributed by atoms with van der Waals surface area (Å²) in [5.74, 6) is 1.48. The van der Waals surface area contributed by atoms with Crippen LogP contribution in [-0.4, -0.2) is 54.1 Å². The fraction of sp³-hybridized carbons (Fsp3) is 0.520. The molecule has 3 aromatic heterocycles. The molecule has 4 heterocycles. The molecule has 1 saturated carbocycles. The van der Waals surface area contributed by atoms with Crippen molar-refractivity contribution in [3.8, 4) is 10.6 Å². The van der Waals surface area contributed by atoms with Crippen LogP contribution in [0.5, 0.6) is 0 Å². The number of nitrogens with zero attached hydrogens (tertiary/aromatic N) is 6. The Morgan fingerprint density at radius 3 is 2.53 bits per heavy atom. The molecule has 1 aliphatic carbocycles. The molecule has 0 radical (unpaired) electrons. The molecule has 1 aliphatic heterocycles. The number of aromatic nitrogens is 5. The predicted molar refractivity (Wildman–Crippen MR) is 132 cm³/mol. The van der Waals surface area contributed by atoms with Crippen LogP contribution in [-0.2, 0) is 11.8 Å². The third-order valence-corrected chi connectivity index (χ3v) is 8.01. The lowest BCUT2D eigenvalue weighted by Gasteiger charge is -2.25. The minimum Gasteiger partial charge on any atom is -0.444 e. The number of amides is 1. The summed E-state index contributed by atoms with van der Waals surface area (Å²) in [4.78, 5) is 20.2. The van der Waals surface area contributed by atoms with E-state index in [1.165, 1.54) is 0 Å². The second kappa shape index (κ2) is 7.53. The van der Waals surface area contributed by atoms with Gasteiger partial charge in [-0.05, 0) is 70.1 Å². The van der Waals surface area contributed by atoms with E-state index in [0.717, 1.165) is 63.6 Å². The van der Waals surface area contributed by atoms with Crippen LogP contribution >= 0.6 is 11.3 Å². The molecule has 0 spiro atoms. The molecule has 9 heteroatoms. The summed E-state index contributed by atoms with van der Waals surface area (Å²) in [6.07, 6.45) is 6.10. The van der Waals surface area contributed by atoms with Gasteiger partial charge in [0.2, 0.25) is 4.96 Å². The first kappa shape index (κ1) is 21.6. The summed E-state index contributed by atoms with van der Waals surface area (Å²) < 4.78 is 9.35. The van der Waals surface area contributed by atoms with E-state index in [1.54, 1.807) is 11.3 Å². The Morgan fingerprint density at radius 2 is 1.85 bits per heavy atom. The highest BCUT2D eigenvalue weighted by Crippen LogP contribution is 2.46. The van der Waals surface area contributed by atoms with Crippen LogP contribution in [0.15, 0.2) is 24.5 Å². The highest BCUT2D eigenvalue weighted by Gasteiger charge is 2.44.